The van der Waals surface area contributed by atoms with E-state index < -0.39 is 0 Å². The molecule has 1 saturated heterocycles. The summed E-state index contributed by atoms with van der Waals surface area (Å²) in [5.41, 5.74) is 1.19. The van der Waals surface area contributed by atoms with Gasteiger partial charge >= 0.3 is 0 Å². The summed E-state index contributed by atoms with van der Waals surface area (Å²) in [5, 5.41) is 0. The Bertz CT molecular complexity index is 686. The summed E-state index contributed by atoms with van der Waals surface area (Å²) >= 11 is 0. The van der Waals surface area contributed by atoms with Gasteiger partial charge in [-0.1, -0.05) is 12.5 Å². The van der Waals surface area contributed by atoms with Crippen LogP contribution < -0.4 is 0 Å². The quantitative estimate of drug-likeness (QED) is 0.847. The Hall–Kier alpha value is -2.14. The minimum absolute atomic E-state index is 0.000958. The normalized spacial score (nSPS) is 25.8. The van der Waals surface area contributed by atoms with Gasteiger partial charge in [0.05, 0.1) is 19.5 Å². The van der Waals surface area contributed by atoms with Crippen molar-refractivity contribution in [1.82, 2.24) is 9.88 Å². The van der Waals surface area contributed by atoms with Gasteiger partial charge in [-0.15, -0.1) is 0 Å². The van der Waals surface area contributed by atoms with Crippen LogP contribution in [0.25, 0.3) is 0 Å². The lowest BCUT2D eigenvalue weighted by Crippen LogP contribution is -2.34. The third-order valence-corrected chi connectivity index (χ3v) is 5.44. The Morgan fingerprint density at radius 3 is 3.17 bits per heavy atom. The van der Waals surface area contributed by atoms with Crippen LogP contribution in [0.4, 0.5) is 0 Å². The van der Waals surface area contributed by atoms with E-state index >= 15 is 0 Å². The van der Waals surface area contributed by atoms with Crippen LogP contribution in [0.3, 0.4) is 0 Å². The lowest BCUT2D eigenvalue weighted by molar-refractivity contribution is 0.0262. The number of ether oxygens (including phenoxy) is 1. The number of carbonyl (C=O) groups excluding carboxylic acids is 1. The Morgan fingerprint density at radius 1 is 1.42 bits per heavy atom. The zero-order chi connectivity index (χ0) is 16.4. The topological polar surface area (TPSA) is 55.6 Å². The summed E-state index contributed by atoms with van der Waals surface area (Å²) in [6.07, 6.45) is 8.70. The molecule has 2 aliphatic rings. The van der Waals surface area contributed by atoms with Crippen LogP contribution in [-0.4, -0.2) is 35.5 Å². The number of likely N-dealkylation sites (tertiary alicyclic amines) is 1. The molecule has 2 aromatic rings. The average Bonchev–Trinajstić information content (AvgIpc) is 3.31. The molecule has 2 fully saturated rings. The fraction of sp³-hybridized carbons (Fsp3) is 0.474. The number of nitrogens with zero attached hydrogens (tertiary/aromatic N) is 2. The largest absolute Gasteiger partial charge is 0.459 e. The van der Waals surface area contributed by atoms with E-state index in [9.17, 15) is 4.79 Å². The second-order valence-corrected chi connectivity index (χ2v) is 6.97. The Morgan fingerprint density at radius 2 is 2.38 bits per heavy atom. The molecule has 3 heterocycles. The van der Waals surface area contributed by atoms with E-state index in [-0.39, 0.29) is 11.3 Å². The first-order chi connectivity index (χ1) is 11.8. The van der Waals surface area contributed by atoms with Crippen molar-refractivity contribution in [2.45, 2.75) is 25.9 Å². The Balaban J connectivity index is 1.40. The molecule has 2 atom stereocenters. The van der Waals surface area contributed by atoms with Crippen LogP contribution in [-0.2, 0) is 11.3 Å². The van der Waals surface area contributed by atoms with Crippen molar-refractivity contribution in [2.75, 3.05) is 19.7 Å². The van der Waals surface area contributed by atoms with E-state index in [4.69, 9.17) is 9.15 Å². The first-order valence-electron chi connectivity index (χ1n) is 8.56. The summed E-state index contributed by atoms with van der Waals surface area (Å²) in [5.74, 6) is 0.966. The monoisotopic (exact) mass is 326 g/mol. The van der Waals surface area contributed by atoms with Gasteiger partial charge in [-0.25, -0.2) is 0 Å². The van der Waals surface area contributed by atoms with Crippen LogP contribution >= 0.6 is 0 Å². The number of furan rings is 1. The van der Waals surface area contributed by atoms with Crippen LogP contribution in [0.1, 0.15) is 35.4 Å². The molecule has 4 rings (SSSR count). The van der Waals surface area contributed by atoms with Crippen molar-refractivity contribution in [3.63, 3.8) is 0 Å². The van der Waals surface area contributed by atoms with Gasteiger partial charge in [0.1, 0.15) is 0 Å². The maximum absolute atomic E-state index is 12.6. The van der Waals surface area contributed by atoms with Crippen LogP contribution in [0.15, 0.2) is 47.3 Å². The highest BCUT2D eigenvalue weighted by Gasteiger charge is 2.51. The van der Waals surface area contributed by atoms with Gasteiger partial charge in [-0.3, -0.25) is 9.78 Å². The second-order valence-electron chi connectivity index (χ2n) is 6.97. The summed E-state index contributed by atoms with van der Waals surface area (Å²) in [6.45, 7) is 2.86. The van der Waals surface area contributed by atoms with Gasteiger partial charge in [0, 0.05) is 30.9 Å². The SMILES string of the molecule is O=C(c1ccco1)N1C[C@@H]2CCC[C@]2(COCc2cccnc2)C1. The predicted octanol–water partition coefficient (Wildman–Crippen LogP) is 3.13. The highest BCUT2D eigenvalue weighted by Crippen LogP contribution is 2.49. The van der Waals surface area contributed by atoms with Gasteiger partial charge in [-0.05, 0) is 42.5 Å². The first kappa shape index (κ1) is 15.4. The van der Waals surface area contributed by atoms with Gasteiger partial charge in [0.2, 0.25) is 0 Å². The number of pyridine rings is 1. The highest BCUT2D eigenvalue weighted by atomic mass is 16.5. The van der Waals surface area contributed by atoms with E-state index in [0.29, 0.717) is 24.9 Å². The van der Waals surface area contributed by atoms with Crippen molar-refractivity contribution in [2.24, 2.45) is 11.3 Å². The molecule has 2 aromatic heterocycles. The molecule has 5 nitrogen and oxygen atoms in total. The zero-order valence-corrected chi connectivity index (χ0v) is 13.7. The van der Waals surface area contributed by atoms with Crippen LogP contribution in [0, 0.1) is 11.3 Å². The molecular weight excluding hydrogens is 304 g/mol. The molecule has 0 N–H and O–H groups in total. The van der Waals surface area contributed by atoms with E-state index in [1.807, 2.05) is 23.2 Å². The maximum Gasteiger partial charge on any atom is 0.289 e. The van der Waals surface area contributed by atoms with Crippen LogP contribution in [0.5, 0.6) is 0 Å². The van der Waals surface area contributed by atoms with Gasteiger partial charge in [-0.2, -0.15) is 0 Å². The number of hydrogen-bond donors (Lipinski definition) is 0. The summed E-state index contributed by atoms with van der Waals surface area (Å²) in [7, 11) is 0. The van der Waals surface area contributed by atoms with Crippen LogP contribution in [0.2, 0.25) is 0 Å². The minimum Gasteiger partial charge on any atom is -0.459 e. The maximum atomic E-state index is 12.6. The van der Waals surface area contributed by atoms with E-state index in [0.717, 1.165) is 25.1 Å². The number of amides is 1. The third kappa shape index (κ3) is 2.84. The van der Waals surface area contributed by atoms with Gasteiger partial charge in [0.15, 0.2) is 5.76 Å². The molecule has 0 spiro atoms. The lowest BCUT2D eigenvalue weighted by atomic mass is 9.81. The molecule has 1 amide bonds. The average molecular weight is 326 g/mol. The standard InChI is InChI=1S/C19H22N2O3/c22-18(17-6-3-9-24-17)21-11-16-5-1-7-19(16,13-21)14-23-12-15-4-2-8-20-10-15/h2-4,6,8-10,16H,1,5,7,11-14H2/t16-,19+/m0/s1. The molecular formula is C19H22N2O3. The lowest BCUT2D eigenvalue weighted by Gasteiger charge is -2.28. The molecule has 1 saturated carbocycles. The number of aromatic nitrogens is 1. The molecule has 1 aliphatic carbocycles. The van der Waals surface area contributed by atoms with E-state index in [1.165, 1.54) is 12.8 Å². The fourth-order valence-electron chi connectivity index (χ4n) is 4.22. The minimum atomic E-state index is 0.000958. The molecule has 126 valence electrons. The van der Waals surface area contributed by atoms with E-state index in [2.05, 4.69) is 4.98 Å². The fourth-order valence-corrected chi connectivity index (χ4v) is 4.22. The molecule has 0 radical (unpaired) electrons. The summed E-state index contributed by atoms with van der Waals surface area (Å²) in [4.78, 5) is 18.6. The molecule has 0 bridgehead atoms. The van der Waals surface area contributed by atoms with Crippen molar-refractivity contribution in [1.29, 1.82) is 0 Å². The number of rotatable bonds is 5. The highest BCUT2D eigenvalue weighted by molar-refractivity contribution is 5.91. The third-order valence-electron chi connectivity index (χ3n) is 5.44. The molecule has 0 aromatic carbocycles. The number of carbonyl (C=O) groups is 1. The molecule has 0 unspecified atom stereocenters. The first-order valence-corrected chi connectivity index (χ1v) is 8.56. The smallest absolute Gasteiger partial charge is 0.289 e. The van der Waals surface area contributed by atoms with Crippen molar-refractivity contribution >= 4 is 5.91 Å². The van der Waals surface area contributed by atoms with Crippen molar-refractivity contribution in [3.8, 4) is 0 Å². The zero-order valence-electron chi connectivity index (χ0n) is 13.7. The van der Waals surface area contributed by atoms with Gasteiger partial charge in [0.25, 0.3) is 5.91 Å². The predicted molar refractivity (Wildman–Crippen MR) is 88.3 cm³/mol. The Kier molecular flexibility index (Phi) is 4.10. The van der Waals surface area contributed by atoms with Gasteiger partial charge < -0.3 is 14.1 Å². The Labute approximate surface area is 141 Å². The summed E-state index contributed by atoms with van der Waals surface area (Å²) < 4.78 is 11.3. The second kappa shape index (κ2) is 6.40. The van der Waals surface area contributed by atoms with Crippen molar-refractivity contribution in [3.05, 3.63) is 54.2 Å². The molecule has 5 heteroatoms. The van der Waals surface area contributed by atoms with Crippen molar-refractivity contribution < 1.29 is 13.9 Å². The number of fused-ring (bicyclic) bond motifs is 1. The van der Waals surface area contributed by atoms with E-state index in [1.54, 1.807) is 24.6 Å². The molecule has 1 aliphatic heterocycles. The molecule has 24 heavy (non-hydrogen) atoms. The number of hydrogen-bond acceptors (Lipinski definition) is 4. The summed E-state index contributed by atoms with van der Waals surface area (Å²) in [6, 6.07) is 7.45.